The highest BCUT2D eigenvalue weighted by molar-refractivity contribution is 5.49. The first-order valence-electron chi connectivity index (χ1n) is 7.44. The lowest BCUT2D eigenvalue weighted by molar-refractivity contribution is 0.230. The quantitative estimate of drug-likeness (QED) is 0.903. The van der Waals surface area contributed by atoms with Crippen molar-refractivity contribution < 1.29 is 8.78 Å². The van der Waals surface area contributed by atoms with Crippen LogP contribution in [0.15, 0.2) is 12.1 Å². The SMILES string of the molecule is Cc1ccc(F)c(NC2CCCN(C(C)C)CC2)c1F. The maximum absolute atomic E-state index is 14.0. The molecule has 2 rings (SSSR count). The van der Waals surface area contributed by atoms with Gasteiger partial charge in [-0.15, -0.1) is 0 Å². The summed E-state index contributed by atoms with van der Waals surface area (Å²) < 4.78 is 27.8. The monoisotopic (exact) mass is 282 g/mol. The van der Waals surface area contributed by atoms with Crippen molar-refractivity contribution in [1.82, 2.24) is 4.90 Å². The van der Waals surface area contributed by atoms with Crippen LogP contribution in [0.25, 0.3) is 0 Å². The Morgan fingerprint density at radius 2 is 1.95 bits per heavy atom. The highest BCUT2D eigenvalue weighted by Crippen LogP contribution is 2.25. The fourth-order valence-corrected chi connectivity index (χ4v) is 2.77. The lowest BCUT2D eigenvalue weighted by Crippen LogP contribution is -2.32. The first-order chi connectivity index (χ1) is 9.49. The molecule has 1 atom stereocenters. The molecule has 1 fully saturated rings. The van der Waals surface area contributed by atoms with Gasteiger partial charge in [-0.1, -0.05) is 6.07 Å². The smallest absolute Gasteiger partial charge is 0.152 e. The van der Waals surface area contributed by atoms with Crippen molar-refractivity contribution in [2.24, 2.45) is 0 Å². The van der Waals surface area contributed by atoms with Crippen LogP contribution < -0.4 is 5.32 Å². The summed E-state index contributed by atoms with van der Waals surface area (Å²) >= 11 is 0. The first kappa shape index (κ1) is 15.2. The Morgan fingerprint density at radius 3 is 2.65 bits per heavy atom. The van der Waals surface area contributed by atoms with Crippen LogP contribution in [0.2, 0.25) is 0 Å². The Kier molecular flexibility index (Phi) is 4.97. The molecule has 112 valence electrons. The Balaban J connectivity index is 2.06. The number of anilines is 1. The Labute approximate surface area is 120 Å². The van der Waals surface area contributed by atoms with E-state index in [1.54, 1.807) is 6.92 Å². The molecule has 0 spiro atoms. The summed E-state index contributed by atoms with van der Waals surface area (Å²) in [6.45, 7) is 8.08. The van der Waals surface area contributed by atoms with E-state index in [4.69, 9.17) is 0 Å². The number of benzene rings is 1. The van der Waals surface area contributed by atoms with Crippen LogP contribution >= 0.6 is 0 Å². The van der Waals surface area contributed by atoms with Gasteiger partial charge in [0.15, 0.2) is 5.82 Å². The average Bonchev–Trinajstić information content (AvgIpc) is 2.65. The summed E-state index contributed by atoms with van der Waals surface area (Å²) in [5.74, 6) is -0.965. The number of nitrogens with one attached hydrogen (secondary N) is 1. The standard InChI is InChI=1S/C16H24F2N2/c1-11(2)20-9-4-5-13(8-10-20)19-16-14(17)7-6-12(3)15(16)18/h6-7,11,13,19H,4-5,8-10H2,1-3H3. The van der Waals surface area contributed by atoms with E-state index in [0.717, 1.165) is 32.4 Å². The van der Waals surface area contributed by atoms with E-state index >= 15 is 0 Å². The van der Waals surface area contributed by atoms with E-state index < -0.39 is 11.6 Å². The van der Waals surface area contributed by atoms with Gasteiger partial charge < -0.3 is 10.2 Å². The average molecular weight is 282 g/mol. The van der Waals surface area contributed by atoms with Gasteiger partial charge in [0.05, 0.1) is 0 Å². The minimum atomic E-state index is -0.502. The maximum atomic E-state index is 14.0. The molecule has 1 aromatic rings. The molecular weight excluding hydrogens is 258 g/mol. The van der Waals surface area contributed by atoms with E-state index in [0.29, 0.717) is 11.6 Å². The summed E-state index contributed by atoms with van der Waals surface area (Å²) in [6.07, 6.45) is 2.94. The molecule has 0 saturated carbocycles. The van der Waals surface area contributed by atoms with Gasteiger partial charge in [-0.2, -0.15) is 0 Å². The van der Waals surface area contributed by atoms with Crippen LogP contribution in [-0.2, 0) is 0 Å². The molecule has 1 aliphatic rings. The lowest BCUT2D eigenvalue weighted by Gasteiger charge is -2.24. The maximum Gasteiger partial charge on any atom is 0.152 e. The minimum absolute atomic E-state index is 0.0352. The molecule has 0 aliphatic carbocycles. The first-order valence-corrected chi connectivity index (χ1v) is 7.44. The van der Waals surface area contributed by atoms with Crippen molar-refractivity contribution in [3.63, 3.8) is 0 Å². The summed E-state index contributed by atoms with van der Waals surface area (Å²) in [4.78, 5) is 2.42. The topological polar surface area (TPSA) is 15.3 Å². The van der Waals surface area contributed by atoms with Crippen LogP contribution in [-0.4, -0.2) is 30.1 Å². The number of nitrogens with zero attached hydrogens (tertiary/aromatic N) is 1. The second kappa shape index (κ2) is 6.53. The van der Waals surface area contributed by atoms with Crippen molar-refractivity contribution in [1.29, 1.82) is 0 Å². The molecule has 4 heteroatoms. The number of hydrogen-bond donors (Lipinski definition) is 1. The Hall–Kier alpha value is -1.16. The van der Waals surface area contributed by atoms with Crippen molar-refractivity contribution in [3.05, 3.63) is 29.3 Å². The van der Waals surface area contributed by atoms with E-state index in [1.807, 2.05) is 0 Å². The van der Waals surface area contributed by atoms with E-state index in [2.05, 4.69) is 24.1 Å². The number of aryl methyl sites for hydroxylation is 1. The second-order valence-electron chi connectivity index (χ2n) is 5.96. The van der Waals surface area contributed by atoms with Crippen molar-refractivity contribution in [3.8, 4) is 0 Å². The molecule has 1 saturated heterocycles. The number of halogens is 2. The van der Waals surface area contributed by atoms with Gasteiger partial charge in [0.1, 0.15) is 11.5 Å². The van der Waals surface area contributed by atoms with Gasteiger partial charge in [-0.3, -0.25) is 0 Å². The fraction of sp³-hybridized carbons (Fsp3) is 0.625. The molecule has 0 aromatic heterocycles. The molecule has 2 nitrogen and oxygen atoms in total. The fourth-order valence-electron chi connectivity index (χ4n) is 2.77. The third-order valence-corrected chi connectivity index (χ3v) is 4.13. The van der Waals surface area contributed by atoms with E-state index in [-0.39, 0.29) is 11.7 Å². The van der Waals surface area contributed by atoms with Gasteiger partial charge in [-0.05, 0) is 58.2 Å². The number of hydrogen-bond acceptors (Lipinski definition) is 2. The number of likely N-dealkylation sites (tertiary alicyclic amines) is 1. The molecule has 1 unspecified atom stereocenters. The molecule has 1 aromatic carbocycles. The van der Waals surface area contributed by atoms with Gasteiger partial charge in [-0.25, -0.2) is 8.78 Å². The highest BCUT2D eigenvalue weighted by Gasteiger charge is 2.21. The third-order valence-electron chi connectivity index (χ3n) is 4.13. The van der Waals surface area contributed by atoms with Gasteiger partial charge in [0.25, 0.3) is 0 Å². The summed E-state index contributed by atoms with van der Waals surface area (Å²) in [6, 6.07) is 3.48. The highest BCUT2D eigenvalue weighted by atomic mass is 19.1. The third kappa shape index (κ3) is 3.48. The lowest BCUT2D eigenvalue weighted by atomic mass is 10.1. The zero-order chi connectivity index (χ0) is 14.7. The van der Waals surface area contributed by atoms with Gasteiger partial charge in [0, 0.05) is 18.6 Å². The largest absolute Gasteiger partial charge is 0.378 e. The summed E-state index contributed by atoms with van der Waals surface area (Å²) in [5, 5.41) is 3.08. The second-order valence-corrected chi connectivity index (χ2v) is 5.96. The van der Waals surface area contributed by atoms with Crippen molar-refractivity contribution in [2.75, 3.05) is 18.4 Å². The van der Waals surface area contributed by atoms with Crippen LogP contribution in [0.5, 0.6) is 0 Å². The van der Waals surface area contributed by atoms with E-state index in [9.17, 15) is 8.78 Å². The minimum Gasteiger partial charge on any atom is -0.378 e. The zero-order valence-electron chi connectivity index (χ0n) is 12.5. The molecule has 1 aliphatic heterocycles. The Morgan fingerprint density at radius 1 is 1.20 bits per heavy atom. The summed E-state index contributed by atoms with van der Waals surface area (Å²) in [7, 11) is 0. The molecule has 20 heavy (non-hydrogen) atoms. The molecule has 0 amide bonds. The normalized spacial score (nSPS) is 21.0. The van der Waals surface area contributed by atoms with Crippen molar-refractivity contribution >= 4 is 5.69 Å². The predicted octanol–water partition coefficient (Wildman–Crippen LogP) is 3.95. The summed E-state index contributed by atoms with van der Waals surface area (Å²) in [5.41, 5.74) is 0.513. The zero-order valence-corrected chi connectivity index (χ0v) is 12.5. The molecule has 1 heterocycles. The molecule has 0 radical (unpaired) electrons. The molecular formula is C16H24F2N2. The van der Waals surface area contributed by atoms with E-state index in [1.165, 1.54) is 12.1 Å². The molecule has 1 N–H and O–H groups in total. The molecule has 0 bridgehead atoms. The predicted molar refractivity (Wildman–Crippen MR) is 79.1 cm³/mol. The van der Waals surface area contributed by atoms with Crippen LogP contribution in [0.4, 0.5) is 14.5 Å². The van der Waals surface area contributed by atoms with Crippen molar-refractivity contribution in [2.45, 2.75) is 52.1 Å². The van der Waals surface area contributed by atoms with Gasteiger partial charge >= 0.3 is 0 Å². The van der Waals surface area contributed by atoms with Gasteiger partial charge in [0.2, 0.25) is 0 Å². The van der Waals surface area contributed by atoms with Crippen LogP contribution in [0.1, 0.15) is 38.7 Å². The number of rotatable bonds is 3. The Bertz CT molecular complexity index is 460. The van der Waals surface area contributed by atoms with Crippen LogP contribution in [0, 0.1) is 18.6 Å². The van der Waals surface area contributed by atoms with Crippen LogP contribution in [0.3, 0.4) is 0 Å².